The summed E-state index contributed by atoms with van der Waals surface area (Å²) in [6.45, 7) is 4.03. The molecule has 0 bridgehead atoms. The summed E-state index contributed by atoms with van der Waals surface area (Å²) in [4.78, 5) is 37.0. The lowest BCUT2D eigenvalue weighted by Gasteiger charge is -2.44. The maximum atomic E-state index is 12.5. The highest BCUT2D eigenvalue weighted by molar-refractivity contribution is 5.91. The molecule has 2 aromatic rings. The number of aryl methyl sites for hydroxylation is 1. The van der Waals surface area contributed by atoms with Crippen molar-refractivity contribution < 1.29 is 50.9 Å². The molecule has 1 spiro atoms. The fraction of sp³-hybridized carbons (Fsp3) is 0.583. The number of amides is 1. The zero-order valence-corrected chi connectivity index (χ0v) is 21.6. The van der Waals surface area contributed by atoms with Crippen molar-refractivity contribution >= 4 is 17.8 Å². The van der Waals surface area contributed by atoms with E-state index in [-0.39, 0.29) is 11.3 Å². The number of rotatable bonds is 4. The van der Waals surface area contributed by atoms with Crippen LogP contribution in [0.1, 0.15) is 54.1 Å². The van der Waals surface area contributed by atoms with Gasteiger partial charge in [-0.2, -0.15) is 26.3 Å². The molecule has 2 fully saturated rings. The number of hydrogen-bond donors (Lipinski definition) is 3. The number of carbonyl (C=O) groups is 3. The fourth-order valence-corrected chi connectivity index (χ4v) is 4.47. The summed E-state index contributed by atoms with van der Waals surface area (Å²) in [5.41, 5.74) is 1.55. The molecule has 41 heavy (non-hydrogen) atoms. The van der Waals surface area contributed by atoms with Gasteiger partial charge in [0, 0.05) is 37.9 Å². The molecule has 0 aromatic carbocycles. The Balaban J connectivity index is 0.000000276. The number of carboxylic acids is 2. The van der Waals surface area contributed by atoms with Crippen LogP contribution in [0.3, 0.4) is 0 Å². The van der Waals surface area contributed by atoms with E-state index in [4.69, 9.17) is 19.8 Å². The molecule has 3 N–H and O–H groups in total. The summed E-state index contributed by atoms with van der Waals surface area (Å²) in [7, 11) is 0. The first-order valence-corrected chi connectivity index (χ1v) is 12.5. The Morgan fingerprint density at radius 2 is 1.56 bits per heavy atom. The smallest absolute Gasteiger partial charge is 0.475 e. The van der Waals surface area contributed by atoms with Gasteiger partial charge >= 0.3 is 24.3 Å². The minimum absolute atomic E-state index is 0.0534. The molecule has 226 valence electrons. The number of nitrogens with zero attached hydrogens (tertiary/aromatic N) is 5. The Hall–Kier alpha value is -3.76. The van der Waals surface area contributed by atoms with E-state index in [1.54, 1.807) is 0 Å². The average molecular weight is 595 g/mol. The Morgan fingerprint density at radius 3 is 2.05 bits per heavy atom. The predicted octanol–water partition coefficient (Wildman–Crippen LogP) is 3.06. The Bertz CT molecular complexity index is 1180. The van der Waals surface area contributed by atoms with Crippen LogP contribution >= 0.6 is 0 Å². The number of likely N-dealkylation sites (tertiary alicyclic amines) is 1. The number of pyridine rings is 1. The van der Waals surface area contributed by atoms with E-state index in [0.29, 0.717) is 11.9 Å². The number of carboxylic acid groups (broad SMARTS) is 2. The zero-order chi connectivity index (χ0) is 30.4. The van der Waals surface area contributed by atoms with Gasteiger partial charge in [0.05, 0.1) is 0 Å². The molecule has 0 unspecified atom stereocenters. The fourth-order valence-electron chi connectivity index (χ4n) is 4.47. The molecule has 11 nitrogen and oxygen atoms in total. The van der Waals surface area contributed by atoms with Crippen LogP contribution in [-0.2, 0) is 29.1 Å². The quantitative estimate of drug-likeness (QED) is 0.454. The lowest BCUT2D eigenvalue weighted by atomic mass is 9.73. The van der Waals surface area contributed by atoms with Crippen molar-refractivity contribution in [1.82, 2.24) is 30.0 Å². The lowest BCUT2D eigenvalue weighted by Crippen LogP contribution is -2.45. The molecule has 1 amide bonds. The molecule has 1 aliphatic carbocycles. The van der Waals surface area contributed by atoms with Crippen molar-refractivity contribution in [2.45, 2.75) is 70.0 Å². The zero-order valence-electron chi connectivity index (χ0n) is 21.6. The maximum absolute atomic E-state index is 12.5. The van der Waals surface area contributed by atoms with Gasteiger partial charge in [-0.25, -0.2) is 9.59 Å². The number of carbonyl (C=O) groups excluding carboxylic acids is 1. The number of piperidine rings is 1. The van der Waals surface area contributed by atoms with Gasteiger partial charge in [0.25, 0.3) is 5.91 Å². The van der Waals surface area contributed by atoms with Gasteiger partial charge in [0.2, 0.25) is 5.82 Å². The van der Waals surface area contributed by atoms with Gasteiger partial charge in [-0.15, -0.1) is 10.2 Å². The van der Waals surface area contributed by atoms with E-state index in [1.807, 2.05) is 18.5 Å². The third kappa shape index (κ3) is 9.40. The minimum atomic E-state index is -5.08. The third-order valence-corrected chi connectivity index (χ3v) is 6.85. The van der Waals surface area contributed by atoms with Crippen molar-refractivity contribution in [3.8, 4) is 0 Å². The first kappa shape index (κ1) is 31.8. The molecule has 1 saturated heterocycles. The summed E-state index contributed by atoms with van der Waals surface area (Å²) in [6.07, 6.45) is 0.183. The molecular formula is C24H28F6N6O5. The molecule has 0 atom stereocenters. The standard InChI is InChI=1S/C20H26N6O.2C2HF3O2/c27-19(22-16-3-4-16)18-24-23-17-5-6-20(14-26(17)18)7-10-25(11-8-20)13-15-2-1-9-21-12-15;2*3-2(4,5)1(6)7/h1-2,9,12,16H,3-8,10-11,13-14H2,(H,22,27);2*(H,6,7). The van der Waals surface area contributed by atoms with Crippen molar-refractivity contribution in [1.29, 1.82) is 0 Å². The predicted molar refractivity (Wildman–Crippen MR) is 127 cm³/mol. The first-order chi connectivity index (χ1) is 19.1. The second kappa shape index (κ2) is 12.8. The van der Waals surface area contributed by atoms with Crippen molar-refractivity contribution in [3.05, 3.63) is 41.7 Å². The van der Waals surface area contributed by atoms with E-state index in [9.17, 15) is 31.1 Å². The van der Waals surface area contributed by atoms with Crippen LogP contribution < -0.4 is 5.32 Å². The highest BCUT2D eigenvalue weighted by Crippen LogP contribution is 2.41. The molecule has 2 aliphatic heterocycles. The van der Waals surface area contributed by atoms with Crippen LogP contribution in [0.25, 0.3) is 0 Å². The average Bonchev–Trinajstić information content (AvgIpc) is 3.61. The van der Waals surface area contributed by atoms with Gasteiger partial charge in [-0.1, -0.05) is 6.07 Å². The molecule has 1 saturated carbocycles. The van der Waals surface area contributed by atoms with Crippen LogP contribution in [0, 0.1) is 5.41 Å². The number of fused-ring (bicyclic) bond motifs is 1. The Kier molecular flexibility index (Phi) is 9.94. The van der Waals surface area contributed by atoms with E-state index in [1.165, 1.54) is 5.56 Å². The molecule has 3 aliphatic rings. The molecule has 2 aromatic heterocycles. The second-order valence-electron chi connectivity index (χ2n) is 10.0. The lowest BCUT2D eigenvalue weighted by molar-refractivity contribution is -0.193. The molecule has 4 heterocycles. The monoisotopic (exact) mass is 594 g/mol. The maximum Gasteiger partial charge on any atom is 0.490 e. The van der Waals surface area contributed by atoms with E-state index < -0.39 is 24.3 Å². The number of nitrogens with one attached hydrogen (secondary N) is 1. The highest BCUT2D eigenvalue weighted by atomic mass is 19.4. The molecule has 5 rings (SSSR count). The number of hydrogen-bond acceptors (Lipinski definition) is 7. The van der Waals surface area contributed by atoms with Crippen molar-refractivity contribution in [3.63, 3.8) is 0 Å². The first-order valence-electron chi connectivity index (χ1n) is 12.5. The molecule has 0 radical (unpaired) electrons. The van der Waals surface area contributed by atoms with Gasteiger partial charge in [-0.05, 0) is 62.2 Å². The van der Waals surface area contributed by atoms with Crippen LogP contribution in [0.4, 0.5) is 26.3 Å². The summed E-state index contributed by atoms with van der Waals surface area (Å²) in [5, 5.41) is 25.8. The molecular weight excluding hydrogens is 566 g/mol. The van der Waals surface area contributed by atoms with Crippen LogP contribution in [0.15, 0.2) is 24.5 Å². The largest absolute Gasteiger partial charge is 0.490 e. The Morgan fingerprint density at radius 1 is 0.976 bits per heavy atom. The number of halogens is 6. The van der Waals surface area contributed by atoms with Gasteiger partial charge in [0.15, 0.2) is 0 Å². The summed E-state index contributed by atoms with van der Waals surface area (Å²) < 4.78 is 65.6. The SMILES string of the molecule is O=C(NC1CC1)c1nnc2n1CC1(CC2)CCN(Cc2cccnc2)CC1.O=C(O)C(F)(F)F.O=C(O)C(F)(F)F. The molecule has 17 heteroatoms. The van der Waals surface area contributed by atoms with E-state index >= 15 is 0 Å². The topological polar surface area (TPSA) is 151 Å². The normalized spacial score (nSPS) is 18.2. The Labute approximate surface area is 229 Å². The number of aliphatic carboxylic acids is 2. The minimum Gasteiger partial charge on any atom is -0.475 e. The third-order valence-electron chi connectivity index (χ3n) is 6.85. The van der Waals surface area contributed by atoms with Crippen LogP contribution in [-0.4, -0.2) is 84.2 Å². The number of aromatic nitrogens is 4. The second-order valence-corrected chi connectivity index (χ2v) is 10.0. The van der Waals surface area contributed by atoms with E-state index in [0.717, 1.165) is 70.5 Å². The van der Waals surface area contributed by atoms with Crippen molar-refractivity contribution in [2.75, 3.05) is 13.1 Å². The van der Waals surface area contributed by atoms with Gasteiger partial charge < -0.3 is 20.1 Å². The summed E-state index contributed by atoms with van der Waals surface area (Å²) in [6, 6.07) is 4.49. The van der Waals surface area contributed by atoms with Crippen molar-refractivity contribution in [2.24, 2.45) is 5.41 Å². The summed E-state index contributed by atoms with van der Waals surface area (Å²) in [5.74, 6) is -4.09. The van der Waals surface area contributed by atoms with Crippen LogP contribution in [0.2, 0.25) is 0 Å². The van der Waals surface area contributed by atoms with Gasteiger partial charge in [0.1, 0.15) is 5.82 Å². The van der Waals surface area contributed by atoms with E-state index in [2.05, 4.69) is 36.0 Å². The highest BCUT2D eigenvalue weighted by Gasteiger charge is 2.41. The number of alkyl halides is 6. The van der Waals surface area contributed by atoms with Crippen LogP contribution in [0.5, 0.6) is 0 Å². The summed E-state index contributed by atoms with van der Waals surface area (Å²) >= 11 is 0. The van der Waals surface area contributed by atoms with Gasteiger partial charge in [-0.3, -0.25) is 14.7 Å².